The van der Waals surface area contributed by atoms with Crippen LogP contribution >= 0.6 is 0 Å². The molecule has 3 nitrogen and oxygen atoms in total. The smallest absolute Gasteiger partial charge is 0.0613 e. The Hall–Kier alpha value is -0.120. The molecule has 1 aliphatic rings. The van der Waals surface area contributed by atoms with Crippen molar-refractivity contribution < 1.29 is 10.2 Å². The van der Waals surface area contributed by atoms with Crippen molar-refractivity contribution in [1.29, 1.82) is 0 Å². The lowest BCUT2D eigenvalue weighted by molar-refractivity contribution is 0.174. The molecule has 11 heavy (non-hydrogen) atoms. The first-order chi connectivity index (χ1) is 5.18. The molecule has 1 saturated carbocycles. The van der Waals surface area contributed by atoms with Gasteiger partial charge in [0.2, 0.25) is 0 Å². The Morgan fingerprint density at radius 2 is 2.18 bits per heavy atom. The lowest BCUT2D eigenvalue weighted by Crippen LogP contribution is -2.36. The Morgan fingerprint density at radius 3 is 2.55 bits per heavy atom. The summed E-state index contributed by atoms with van der Waals surface area (Å²) in [7, 11) is 0. The Morgan fingerprint density at radius 1 is 1.55 bits per heavy atom. The van der Waals surface area contributed by atoms with Crippen LogP contribution in [0.15, 0.2) is 0 Å². The molecule has 0 aromatic heterocycles. The molecular formula is C8H17NO2. The number of nitrogens with one attached hydrogen (secondary N) is 1. The van der Waals surface area contributed by atoms with E-state index in [-0.39, 0.29) is 18.2 Å². The van der Waals surface area contributed by atoms with E-state index in [1.807, 2.05) is 0 Å². The summed E-state index contributed by atoms with van der Waals surface area (Å²) in [6.45, 7) is 2.81. The number of hydrogen-bond donors (Lipinski definition) is 3. The van der Waals surface area contributed by atoms with E-state index < -0.39 is 0 Å². The minimum Gasteiger partial charge on any atom is -0.394 e. The summed E-state index contributed by atoms with van der Waals surface area (Å²) in [4.78, 5) is 0. The van der Waals surface area contributed by atoms with Crippen molar-refractivity contribution in [1.82, 2.24) is 5.32 Å². The van der Waals surface area contributed by atoms with E-state index in [1.54, 1.807) is 6.92 Å². The number of aliphatic hydroxyl groups excluding tert-OH is 2. The van der Waals surface area contributed by atoms with Crippen LogP contribution < -0.4 is 5.32 Å². The first-order valence-corrected chi connectivity index (χ1v) is 4.22. The number of hydrogen-bond acceptors (Lipinski definition) is 3. The molecule has 0 aromatic rings. The predicted octanol–water partition coefficient (Wildman–Crippen LogP) is -0.128. The maximum absolute atomic E-state index is 8.94. The summed E-state index contributed by atoms with van der Waals surface area (Å²) in [5.74, 6) is 0. The molecule has 0 saturated heterocycles. The van der Waals surface area contributed by atoms with Gasteiger partial charge in [-0.25, -0.2) is 0 Å². The van der Waals surface area contributed by atoms with Crippen molar-refractivity contribution >= 4 is 0 Å². The molecule has 0 amide bonds. The molecule has 66 valence electrons. The SMILES string of the molecule is CC(O)CCNC1(CO)CC1. The Bertz CT molecular complexity index is 121. The normalized spacial score (nSPS) is 23.2. The van der Waals surface area contributed by atoms with Gasteiger partial charge in [-0.3, -0.25) is 0 Å². The van der Waals surface area contributed by atoms with Crippen LogP contribution in [0.5, 0.6) is 0 Å². The molecule has 0 aromatic carbocycles. The van der Waals surface area contributed by atoms with Crippen LogP contribution in [0.4, 0.5) is 0 Å². The third-order valence-electron chi connectivity index (χ3n) is 2.22. The highest BCUT2D eigenvalue weighted by atomic mass is 16.3. The van der Waals surface area contributed by atoms with Crippen molar-refractivity contribution in [2.24, 2.45) is 0 Å². The van der Waals surface area contributed by atoms with Crippen molar-refractivity contribution in [2.45, 2.75) is 37.8 Å². The molecule has 1 unspecified atom stereocenters. The Balaban J connectivity index is 2.03. The fraction of sp³-hybridized carbons (Fsp3) is 1.00. The van der Waals surface area contributed by atoms with Crippen LogP contribution in [0.1, 0.15) is 26.2 Å². The second kappa shape index (κ2) is 3.52. The standard InChI is InChI=1S/C8H17NO2/c1-7(11)2-5-9-8(6-10)3-4-8/h7,9-11H,2-6H2,1H3. The molecule has 0 spiro atoms. The maximum Gasteiger partial charge on any atom is 0.0613 e. The molecule has 0 aliphatic heterocycles. The zero-order valence-corrected chi connectivity index (χ0v) is 7.01. The molecule has 3 heteroatoms. The fourth-order valence-corrected chi connectivity index (χ4v) is 1.09. The molecular weight excluding hydrogens is 142 g/mol. The average molecular weight is 159 g/mol. The number of rotatable bonds is 5. The van der Waals surface area contributed by atoms with E-state index in [0.717, 1.165) is 25.8 Å². The van der Waals surface area contributed by atoms with Gasteiger partial charge in [0.05, 0.1) is 12.7 Å². The predicted molar refractivity (Wildman–Crippen MR) is 43.4 cm³/mol. The highest BCUT2D eigenvalue weighted by Gasteiger charge is 2.41. The van der Waals surface area contributed by atoms with Gasteiger partial charge in [-0.1, -0.05) is 0 Å². The van der Waals surface area contributed by atoms with E-state index >= 15 is 0 Å². The van der Waals surface area contributed by atoms with Gasteiger partial charge in [-0.05, 0) is 32.7 Å². The molecule has 0 radical (unpaired) electrons. The average Bonchev–Trinajstić information content (AvgIpc) is 2.69. The third-order valence-corrected chi connectivity index (χ3v) is 2.22. The van der Waals surface area contributed by atoms with E-state index in [4.69, 9.17) is 10.2 Å². The van der Waals surface area contributed by atoms with Gasteiger partial charge in [0.15, 0.2) is 0 Å². The summed E-state index contributed by atoms with van der Waals surface area (Å²) in [6.07, 6.45) is 2.67. The highest BCUT2D eigenvalue weighted by Crippen LogP contribution is 2.34. The molecule has 1 atom stereocenters. The minimum atomic E-state index is -0.239. The summed E-state index contributed by atoms with van der Waals surface area (Å²) < 4.78 is 0. The van der Waals surface area contributed by atoms with Gasteiger partial charge in [0.25, 0.3) is 0 Å². The van der Waals surface area contributed by atoms with Gasteiger partial charge in [0, 0.05) is 5.54 Å². The first kappa shape index (κ1) is 8.97. The monoisotopic (exact) mass is 159 g/mol. The third kappa shape index (κ3) is 2.77. The molecule has 1 rings (SSSR count). The van der Waals surface area contributed by atoms with Crippen LogP contribution in [0.25, 0.3) is 0 Å². The largest absolute Gasteiger partial charge is 0.394 e. The van der Waals surface area contributed by atoms with Crippen LogP contribution in [0.2, 0.25) is 0 Å². The lowest BCUT2D eigenvalue weighted by Gasteiger charge is -2.14. The van der Waals surface area contributed by atoms with Gasteiger partial charge >= 0.3 is 0 Å². The summed E-state index contributed by atoms with van der Waals surface area (Å²) in [6, 6.07) is 0. The molecule has 1 fully saturated rings. The van der Waals surface area contributed by atoms with Crippen LogP contribution in [-0.2, 0) is 0 Å². The van der Waals surface area contributed by atoms with E-state index in [9.17, 15) is 0 Å². The highest BCUT2D eigenvalue weighted by molar-refractivity contribution is 5.01. The fourth-order valence-electron chi connectivity index (χ4n) is 1.09. The van der Waals surface area contributed by atoms with E-state index in [1.165, 1.54) is 0 Å². The van der Waals surface area contributed by atoms with Gasteiger partial charge in [-0.15, -0.1) is 0 Å². The Kier molecular flexibility index (Phi) is 2.87. The van der Waals surface area contributed by atoms with Crippen molar-refractivity contribution in [3.8, 4) is 0 Å². The molecule has 1 aliphatic carbocycles. The topological polar surface area (TPSA) is 52.5 Å². The molecule has 0 bridgehead atoms. The van der Waals surface area contributed by atoms with Crippen LogP contribution in [0.3, 0.4) is 0 Å². The van der Waals surface area contributed by atoms with E-state index in [2.05, 4.69) is 5.32 Å². The second-order valence-corrected chi connectivity index (χ2v) is 3.50. The van der Waals surface area contributed by atoms with Gasteiger partial charge < -0.3 is 15.5 Å². The molecule has 3 N–H and O–H groups in total. The first-order valence-electron chi connectivity index (χ1n) is 4.22. The zero-order valence-electron chi connectivity index (χ0n) is 7.01. The van der Waals surface area contributed by atoms with Crippen molar-refractivity contribution in [3.63, 3.8) is 0 Å². The van der Waals surface area contributed by atoms with E-state index in [0.29, 0.717) is 0 Å². The van der Waals surface area contributed by atoms with Crippen molar-refractivity contribution in [2.75, 3.05) is 13.2 Å². The minimum absolute atomic E-state index is 0.0227. The summed E-state index contributed by atoms with van der Waals surface area (Å²) >= 11 is 0. The van der Waals surface area contributed by atoms with Gasteiger partial charge in [-0.2, -0.15) is 0 Å². The summed E-state index contributed by atoms with van der Waals surface area (Å²) in [5.41, 5.74) is 0.0227. The zero-order chi connectivity index (χ0) is 8.32. The second-order valence-electron chi connectivity index (χ2n) is 3.50. The quantitative estimate of drug-likeness (QED) is 0.524. The van der Waals surface area contributed by atoms with Crippen LogP contribution in [-0.4, -0.2) is 35.0 Å². The van der Waals surface area contributed by atoms with Gasteiger partial charge in [0.1, 0.15) is 0 Å². The summed E-state index contributed by atoms with van der Waals surface area (Å²) in [5, 5.41) is 21.1. The van der Waals surface area contributed by atoms with Crippen molar-refractivity contribution in [3.05, 3.63) is 0 Å². The van der Waals surface area contributed by atoms with Crippen LogP contribution in [0, 0.1) is 0 Å². The number of aliphatic hydroxyl groups is 2. The molecule has 0 heterocycles. The Labute approximate surface area is 67.4 Å². The maximum atomic E-state index is 8.94. The lowest BCUT2D eigenvalue weighted by atomic mass is 10.2.